The minimum absolute atomic E-state index is 0.317. The van der Waals surface area contributed by atoms with E-state index in [0.29, 0.717) is 29.1 Å². The summed E-state index contributed by atoms with van der Waals surface area (Å²) in [7, 11) is 0. The van der Waals surface area contributed by atoms with Crippen molar-refractivity contribution >= 4 is 17.9 Å². The van der Waals surface area contributed by atoms with Crippen molar-refractivity contribution in [3.63, 3.8) is 0 Å². The number of aromatic nitrogens is 3. The fourth-order valence-electron chi connectivity index (χ4n) is 2.06. The zero-order valence-corrected chi connectivity index (χ0v) is 11.0. The van der Waals surface area contributed by atoms with Crippen molar-refractivity contribution in [2.24, 2.45) is 0 Å². The van der Waals surface area contributed by atoms with Crippen molar-refractivity contribution in [2.75, 3.05) is 5.32 Å². The second kappa shape index (κ2) is 5.14. The molecule has 1 N–H and O–H groups in total. The minimum Gasteiger partial charge on any atom is -0.313 e. The van der Waals surface area contributed by atoms with Crippen LogP contribution < -0.4 is 5.32 Å². The molecule has 3 rings (SSSR count). The van der Waals surface area contributed by atoms with Crippen molar-refractivity contribution in [3.8, 4) is 11.3 Å². The standard InChI is InChI=1S/C14H9F3N4O/c15-14(16,17)10-3-1-2-9(6-10)11-7-13-18-5-4-12(19-8-22)21(13)20-11/h1-8H,(H,19,22). The summed E-state index contributed by atoms with van der Waals surface area (Å²) >= 11 is 0. The van der Waals surface area contributed by atoms with Crippen LogP contribution in [0, 0.1) is 0 Å². The number of nitrogens with zero attached hydrogens (tertiary/aromatic N) is 3. The SMILES string of the molecule is O=CNc1ccnc2cc(-c3cccc(C(F)(F)F)c3)nn12. The van der Waals surface area contributed by atoms with Crippen LogP contribution in [0.1, 0.15) is 5.56 Å². The Hall–Kier alpha value is -2.90. The first-order chi connectivity index (χ1) is 10.5. The van der Waals surface area contributed by atoms with Crippen molar-refractivity contribution in [1.29, 1.82) is 0 Å². The van der Waals surface area contributed by atoms with Crippen LogP contribution in [0.4, 0.5) is 19.0 Å². The van der Waals surface area contributed by atoms with Gasteiger partial charge < -0.3 is 5.32 Å². The average Bonchev–Trinajstić information content (AvgIpc) is 2.92. The summed E-state index contributed by atoms with van der Waals surface area (Å²) in [4.78, 5) is 14.6. The molecule has 0 saturated heterocycles. The van der Waals surface area contributed by atoms with Crippen LogP contribution in [0.2, 0.25) is 0 Å². The normalized spacial score (nSPS) is 11.6. The third-order valence-corrected chi connectivity index (χ3v) is 3.05. The van der Waals surface area contributed by atoms with Gasteiger partial charge in [0.15, 0.2) is 5.65 Å². The lowest BCUT2D eigenvalue weighted by Gasteiger charge is -2.07. The molecule has 0 bridgehead atoms. The highest BCUT2D eigenvalue weighted by molar-refractivity contribution is 5.72. The zero-order chi connectivity index (χ0) is 15.7. The van der Waals surface area contributed by atoms with E-state index < -0.39 is 11.7 Å². The molecule has 8 heteroatoms. The van der Waals surface area contributed by atoms with Crippen molar-refractivity contribution in [2.45, 2.75) is 6.18 Å². The fraction of sp³-hybridized carbons (Fsp3) is 0.0714. The number of nitrogens with one attached hydrogen (secondary N) is 1. The summed E-state index contributed by atoms with van der Waals surface area (Å²) in [6.45, 7) is 0. The summed E-state index contributed by atoms with van der Waals surface area (Å²) in [6, 6.07) is 7.95. The molecule has 0 saturated carbocycles. The molecule has 0 unspecified atom stereocenters. The van der Waals surface area contributed by atoms with Gasteiger partial charge in [-0.1, -0.05) is 12.1 Å². The number of fused-ring (bicyclic) bond motifs is 1. The molecule has 0 spiro atoms. The number of rotatable bonds is 3. The van der Waals surface area contributed by atoms with Crippen molar-refractivity contribution < 1.29 is 18.0 Å². The average molecular weight is 306 g/mol. The van der Waals surface area contributed by atoms with Gasteiger partial charge in [0.2, 0.25) is 6.41 Å². The molecule has 112 valence electrons. The summed E-state index contributed by atoms with van der Waals surface area (Å²) < 4.78 is 39.6. The summed E-state index contributed by atoms with van der Waals surface area (Å²) in [5, 5.41) is 6.64. The lowest BCUT2D eigenvalue weighted by Crippen LogP contribution is -2.04. The molecule has 0 fully saturated rings. The predicted molar refractivity (Wildman–Crippen MR) is 73.1 cm³/mol. The van der Waals surface area contributed by atoms with Crippen LogP contribution in [0.5, 0.6) is 0 Å². The smallest absolute Gasteiger partial charge is 0.313 e. The van der Waals surface area contributed by atoms with Gasteiger partial charge in [0.1, 0.15) is 5.82 Å². The highest BCUT2D eigenvalue weighted by Gasteiger charge is 2.30. The molecule has 0 atom stereocenters. The topological polar surface area (TPSA) is 59.3 Å². The molecule has 3 aromatic rings. The lowest BCUT2D eigenvalue weighted by molar-refractivity contribution is -0.137. The van der Waals surface area contributed by atoms with Crippen LogP contribution in [0.15, 0.2) is 42.6 Å². The fourth-order valence-corrected chi connectivity index (χ4v) is 2.06. The molecule has 0 aliphatic carbocycles. The molecular formula is C14H9F3N4O. The van der Waals surface area contributed by atoms with E-state index in [0.717, 1.165) is 12.1 Å². The number of amides is 1. The van der Waals surface area contributed by atoms with E-state index >= 15 is 0 Å². The third kappa shape index (κ3) is 2.50. The summed E-state index contributed by atoms with van der Waals surface area (Å²) in [5.74, 6) is 0.373. The van der Waals surface area contributed by atoms with Gasteiger partial charge in [-0.3, -0.25) is 4.79 Å². The molecular weight excluding hydrogens is 297 g/mol. The predicted octanol–water partition coefficient (Wildman–Crippen LogP) is 2.98. The van der Waals surface area contributed by atoms with Crippen LogP contribution >= 0.6 is 0 Å². The van der Waals surface area contributed by atoms with Gasteiger partial charge >= 0.3 is 6.18 Å². The van der Waals surface area contributed by atoms with Crippen LogP contribution in [-0.2, 0) is 11.0 Å². The van der Waals surface area contributed by atoms with Gasteiger partial charge in [-0.25, -0.2) is 4.98 Å². The number of halogens is 3. The molecule has 2 heterocycles. The second-order valence-electron chi connectivity index (χ2n) is 4.47. The quantitative estimate of drug-likeness (QED) is 0.757. The molecule has 5 nitrogen and oxygen atoms in total. The van der Waals surface area contributed by atoms with Crippen molar-refractivity contribution in [3.05, 3.63) is 48.2 Å². The number of carbonyl (C=O) groups is 1. The summed E-state index contributed by atoms with van der Waals surface area (Å²) in [6.07, 6.45) is -2.46. The van der Waals surface area contributed by atoms with Crippen LogP contribution in [0.25, 0.3) is 16.9 Å². The first-order valence-electron chi connectivity index (χ1n) is 6.21. The Morgan fingerprint density at radius 3 is 2.73 bits per heavy atom. The number of hydrogen-bond acceptors (Lipinski definition) is 3. The zero-order valence-electron chi connectivity index (χ0n) is 11.0. The lowest BCUT2D eigenvalue weighted by atomic mass is 10.1. The van der Waals surface area contributed by atoms with E-state index in [-0.39, 0.29) is 0 Å². The van der Waals surface area contributed by atoms with E-state index in [1.54, 1.807) is 6.07 Å². The molecule has 0 radical (unpaired) electrons. The molecule has 0 aliphatic rings. The first-order valence-corrected chi connectivity index (χ1v) is 6.21. The minimum atomic E-state index is -4.42. The van der Waals surface area contributed by atoms with E-state index in [1.165, 1.54) is 28.9 Å². The van der Waals surface area contributed by atoms with Crippen LogP contribution in [-0.4, -0.2) is 21.0 Å². The second-order valence-corrected chi connectivity index (χ2v) is 4.47. The van der Waals surface area contributed by atoms with Gasteiger partial charge in [-0.2, -0.15) is 22.8 Å². The number of carbonyl (C=O) groups excluding carboxylic acids is 1. The molecule has 1 aromatic carbocycles. The Labute approximate surface area is 122 Å². The number of benzene rings is 1. The van der Waals surface area contributed by atoms with Gasteiger partial charge in [-0.15, -0.1) is 0 Å². The van der Waals surface area contributed by atoms with Gasteiger partial charge in [0.05, 0.1) is 11.3 Å². The Bertz CT molecular complexity index is 841. The van der Waals surface area contributed by atoms with Gasteiger partial charge in [0.25, 0.3) is 0 Å². The Balaban J connectivity index is 2.11. The van der Waals surface area contributed by atoms with Gasteiger partial charge in [0, 0.05) is 17.8 Å². The monoisotopic (exact) mass is 306 g/mol. The molecule has 22 heavy (non-hydrogen) atoms. The highest BCUT2D eigenvalue weighted by atomic mass is 19.4. The first kappa shape index (κ1) is 14.1. The number of hydrogen-bond donors (Lipinski definition) is 1. The Kier molecular flexibility index (Phi) is 3.28. The van der Waals surface area contributed by atoms with Crippen LogP contribution in [0.3, 0.4) is 0 Å². The van der Waals surface area contributed by atoms with E-state index in [4.69, 9.17) is 0 Å². The van der Waals surface area contributed by atoms with E-state index in [2.05, 4.69) is 15.4 Å². The highest BCUT2D eigenvalue weighted by Crippen LogP contribution is 2.32. The van der Waals surface area contributed by atoms with E-state index in [9.17, 15) is 18.0 Å². The summed E-state index contributed by atoms with van der Waals surface area (Å²) in [5.41, 5.74) is 0.316. The molecule has 2 aromatic heterocycles. The maximum absolute atomic E-state index is 12.8. The maximum Gasteiger partial charge on any atom is 0.416 e. The number of anilines is 1. The van der Waals surface area contributed by atoms with Gasteiger partial charge in [-0.05, 0) is 18.2 Å². The third-order valence-electron chi connectivity index (χ3n) is 3.05. The maximum atomic E-state index is 12.8. The number of alkyl halides is 3. The molecule has 1 amide bonds. The largest absolute Gasteiger partial charge is 0.416 e. The van der Waals surface area contributed by atoms with E-state index in [1.807, 2.05) is 0 Å². The molecule has 0 aliphatic heterocycles. The van der Waals surface area contributed by atoms with Crippen molar-refractivity contribution in [1.82, 2.24) is 14.6 Å². The Morgan fingerprint density at radius 2 is 2.00 bits per heavy atom. The Morgan fingerprint density at radius 1 is 1.18 bits per heavy atom.